The lowest BCUT2D eigenvalue weighted by molar-refractivity contribution is -0.139. The molecule has 1 aromatic rings. The van der Waals surface area contributed by atoms with Gasteiger partial charge in [-0.25, -0.2) is 9.59 Å². The molecule has 0 saturated carbocycles. The second-order valence-electron chi connectivity index (χ2n) is 5.94. The van der Waals surface area contributed by atoms with Gasteiger partial charge in [-0.15, -0.1) is 0 Å². The standard InChI is InChI=1S/C15H19NO4S/c1-15(2,3)20-14(19)16-12(13(17)18)9-4-5-10-7-21-8-11(10)6-9/h4-6,12H,7-8H2,1-3H3,(H,16,19)(H,17,18). The van der Waals surface area contributed by atoms with Crippen LogP contribution >= 0.6 is 11.8 Å². The highest BCUT2D eigenvalue weighted by Crippen LogP contribution is 2.31. The highest BCUT2D eigenvalue weighted by atomic mass is 32.2. The van der Waals surface area contributed by atoms with Crippen molar-refractivity contribution in [3.05, 3.63) is 34.9 Å². The number of benzene rings is 1. The largest absolute Gasteiger partial charge is 0.479 e. The van der Waals surface area contributed by atoms with E-state index >= 15 is 0 Å². The van der Waals surface area contributed by atoms with Gasteiger partial charge in [0.15, 0.2) is 6.04 Å². The summed E-state index contributed by atoms with van der Waals surface area (Å²) in [4.78, 5) is 23.2. The molecule has 1 aromatic carbocycles. The number of carbonyl (C=O) groups is 2. The zero-order chi connectivity index (χ0) is 15.6. The number of carboxylic acid groups (broad SMARTS) is 1. The molecular weight excluding hydrogens is 290 g/mol. The molecule has 0 saturated heterocycles. The summed E-state index contributed by atoms with van der Waals surface area (Å²) < 4.78 is 5.11. The summed E-state index contributed by atoms with van der Waals surface area (Å²) in [7, 11) is 0. The highest BCUT2D eigenvalue weighted by Gasteiger charge is 2.26. The van der Waals surface area contributed by atoms with Gasteiger partial charge >= 0.3 is 12.1 Å². The van der Waals surface area contributed by atoms with Gasteiger partial charge in [0.25, 0.3) is 0 Å². The summed E-state index contributed by atoms with van der Waals surface area (Å²) in [5, 5.41) is 11.8. The van der Waals surface area contributed by atoms with Crippen LogP contribution in [0.2, 0.25) is 0 Å². The first-order valence-corrected chi connectivity index (χ1v) is 7.83. The van der Waals surface area contributed by atoms with E-state index in [0.29, 0.717) is 5.56 Å². The molecule has 2 rings (SSSR count). The Bertz CT molecular complexity index is 565. The van der Waals surface area contributed by atoms with Crippen LogP contribution in [0.25, 0.3) is 0 Å². The van der Waals surface area contributed by atoms with Crippen LogP contribution < -0.4 is 5.32 Å². The van der Waals surface area contributed by atoms with E-state index in [9.17, 15) is 14.7 Å². The van der Waals surface area contributed by atoms with Crippen molar-refractivity contribution in [1.82, 2.24) is 5.32 Å². The number of nitrogens with one attached hydrogen (secondary N) is 1. The Hall–Kier alpha value is -1.69. The lowest BCUT2D eigenvalue weighted by atomic mass is 10.0. The minimum atomic E-state index is -1.11. The molecule has 114 valence electrons. The number of carboxylic acids is 1. The van der Waals surface area contributed by atoms with E-state index < -0.39 is 23.7 Å². The lowest BCUT2D eigenvalue weighted by Gasteiger charge is -2.22. The van der Waals surface area contributed by atoms with Crippen LogP contribution in [0.3, 0.4) is 0 Å². The fraction of sp³-hybridized carbons (Fsp3) is 0.467. The Morgan fingerprint density at radius 3 is 2.57 bits per heavy atom. The van der Waals surface area contributed by atoms with Crippen molar-refractivity contribution in [1.29, 1.82) is 0 Å². The molecule has 0 aliphatic carbocycles. The first-order chi connectivity index (χ1) is 9.76. The third-order valence-electron chi connectivity index (χ3n) is 2.99. The van der Waals surface area contributed by atoms with Crippen LogP contribution in [0.15, 0.2) is 18.2 Å². The molecule has 1 unspecified atom stereocenters. The van der Waals surface area contributed by atoms with E-state index in [1.54, 1.807) is 38.6 Å². The summed E-state index contributed by atoms with van der Waals surface area (Å²) in [5.41, 5.74) is 2.26. The molecule has 1 atom stereocenters. The van der Waals surface area contributed by atoms with Gasteiger partial charge in [0.1, 0.15) is 5.60 Å². The number of carbonyl (C=O) groups excluding carboxylic acids is 1. The quantitative estimate of drug-likeness (QED) is 0.897. The van der Waals surface area contributed by atoms with Crippen molar-refractivity contribution in [2.24, 2.45) is 0 Å². The first-order valence-electron chi connectivity index (χ1n) is 6.68. The third-order valence-corrected chi connectivity index (χ3v) is 4.02. The number of aliphatic carboxylic acids is 1. The molecule has 0 fully saturated rings. The van der Waals surface area contributed by atoms with E-state index in [-0.39, 0.29) is 0 Å². The zero-order valence-corrected chi connectivity index (χ0v) is 13.1. The van der Waals surface area contributed by atoms with E-state index in [2.05, 4.69) is 5.32 Å². The smallest absolute Gasteiger partial charge is 0.408 e. The number of fused-ring (bicyclic) bond motifs is 1. The molecule has 6 heteroatoms. The Morgan fingerprint density at radius 2 is 1.95 bits per heavy atom. The van der Waals surface area contributed by atoms with Crippen molar-refractivity contribution < 1.29 is 19.4 Å². The molecule has 1 heterocycles. The monoisotopic (exact) mass is 309 g/mol. The molecular formula is C15H19NO4S. The number of ether oxygens (including phenoxy) is 1. The number of amides is 1. The predicted molar refractivity (Wildman–Crippen MR) is 81.2 cm³/mol. The predicted octanol–water partition coefficient (Wildman–Crippen LogP) is 3.08. The summed E-state index contributed by atoms with van der Waals surface area (Å²) in [6.07, 6.45) is -0.732. The van der Waals surface area contributed by atoms with Gasteiger partial charge in [-0.1, -0.05) is 18.2 Å². The molecule has 5 nitrogen and oxygen atoms in total. The topological polar surface area (TPSA) is 75.6 Å². The van der Waals surface area contributed by atoms with Crippen molar-refractivity contribution >= 4 is 23.8 Å². The molecule has 0 spiro atoms. The third kappa shape index (κ3) is 4.14. The maximum Gasteiger partial charge on any atom is 0.408 e. The normalized spacial score (nSPS) is 15.2. The first kappa shape index (κ1) is 15.7. The van der Waals surface area contributed by atoms with E-state index in [1.807, 2.05) is 12.1 Å². The van der Waals surface area contributed by atoms with Crippen LogP contribution in [0.5, 0.6) is 0 Å². The second-order valence-corrected chi connectivity index (χ2v) is 6.92. The summed E-state index contributed by atoms with van der Waals surface area (Å²) >= 11 is 1.79. The van der Waals surface area contributed by atoms with Gasteiger partial charge in [-0.05, 0) is 37.5 Å². The second kappa shape index (κ2) is 5.97. The van der Waals surface area contributed by atoms with Crippen LogP contribution in [-0.2, 0) is 21.0 Å². The maximum atomic E-state index is 11.8. The Kier molecular flexibility index (Phi) is 4.46. The van der Waals surface area contributed by atoms with Gasteiger partial charge in [0.05, 0.1) is 0 Å². The van der Waals surface area contributed by atoms with Crippen molar-refractivity contribution in [3.8, 4) is 0 Å². The number of hydrogen-bond donors (Lipinski definition) is 2. The Morgan fingerprint density at radius 1 is 1.29 bits per heavy atom. The molecule has 1 aliphatic heterocycles. The molecule has 1 aliphatic rings. The zero-order valence-electron chi connectivity index (χ0n) is 12.3. The van der Waals surface area contributed by atoms with Gasteiger partial charge in [0, 0.05) is 11.5 Å². The number of hydrogen-bond acceptors (Lipinski definition) is 4. The Balaban J connectivity index is 2.16. The minimum absolute atomic E-state index is 0.564. The summed E-state index contributed by atoms with van der Waals surface area (Å²) in [6.45, 7) is 5.19. The number of rotatable bonds is 3. The fourth-order valence-electron chi connectivity index (χ4n) is 2.08. The van der Waals surface area contributed by atoms with Gasteiger partial charge in [-0.3, -0.25) is 0 Å². The van der Waals surface area contributed by atoms with E-state index in [4.69, 9.17) is 4.74 Å². The molecule has 0 radical (unpaired) electrons. The maximum absolute atomic E-state index is 11.8. The average Bonchev–Trinajstić information content (AvgIpc) is 2.80. The van der Waals surface area contributed by atoms with Crippen molar-refractivity contribution in [2.75, 3.05) is 0 Å². The molecule has 0 aromatic heterocycles. The fourth-order valence-corrected chi connectivity index (χ4v) is 3.18. The van der Waals surface area contributed by atoms with E-state index in [1.165, 1.54) is 5.56 Å². The molecule has 1 amide bonds. The number of thioether (sulfide) groups is 1. The van der Waals surface area contributed by atoms with Crippen LogP contribution in [0.4, 0.5) is 4.79 Å². The lowest BCUT2D eigenvalue weighted by Crippen LogP contribution is -2.38. The minimum Gasteiger partial charge on any atom is -0.479 e. The van der Waals surface area contributed by atoms with Crippen LogP contribution in [0, 0.1) is 0 Å². The Labute approximate surface area is 128 Å². The van der Waals surface area contributed by atoms with Gasteiger partial charge in [-0.2, -0.15) is 11.8 Å². The summed E-state index contributed by atoms with van der Waals surface area (Å²) in [6, 6.07) is 4.43. The van der Waals surface area contributed by atoms with Crippen molar-refractivity contribution in [2.45, 2.75) is 43.9 Å². The van der Waals surface area contributed by atoms with Gasteiger partial charge < -0.3 is 15.2 Å². The van der Waals surface area contributed by atoms with E-state index in [0.717, 1.165) is 17.1 Å². The molecule has 2 N–H and O–H groups in total. The SMILES string of the molecule is CC(C)(C)OC(=O)NC(C(=O)O)c1ccc2c(c1)CSC2. The molecule has 21 heavy (non-hydrogen) atoms. The highest BCUT2D eigenvalue weighted by molar-refractivity contribution is 7.98. The number of alkyl carbamates (subject to hydrolysis) is 1. The summed E-state index contributed by atoms with van der Waals surface area (Å²) in [5.74, 6) is 0.723. The van der Waals surface area contributed by atoms with Gasteiger partial charge in [0.2, 0.25) is 0 Å². The average molecular weight is 309 g/mol. The van der Waals surface area contributed by atoms with Crippen molar-refractivity contribution in [3.63, 3.8) is 0 Å². The van der Waals surface area contributed by atoms with Crippen LogP contribution in [-0.4, -0.2) is 22.8 Å². The van der Waals surface area contributed by atoms with Crippen LogP contribution in [0.1, 0.15) is 43.5 Å². The molecule has 0 bridgehead atoms.